The maximum absolute atomic E-state index is 8.55. The third-order valence-electron chi connectivity index (χ3n) is 2.48. The van der Waals surface area contributed by atoms with Gasteiger partial charge in [0.25, 0.3) is 0 Å². The summed E-state index contributed by atoms with van der Waals surface area (Å²) < 4.78 is 6.17. The molecule has 1 aromatic heterocycles. The predicted molar refractivity (Wildman–Crippen MR) is 76.8 cm³/mol. The fraction of sp³-hybridized carbons (Fsp3) is 0.143. The van der Waals surface area contributed by atoms with Crippen LogP contribution in [-0.2, 0) is 6.54 Å². The highest BCUT2D eigenvalue weighted by Crippen LogP contribution is 2.19. The van der Waals surface area contributed by atoms with Gasteiger partial charge in [-0.2, -0.15) is 5.26 Å². The van der Waals surface area contributed by atoms with Gasteiger partial charge in [-0.25, -0.2) is 4.98 Å². The van der Waals surface area contributed by atoms with Gasteiger partial charge >= 0.3 is 0 Å². The molecule has 0 saturated carbocycles. The van der Waals surface area contributed by atoms with Crippen molar-refractivity contribution in [3.05, 3.63) is 52.8 Å². The molecular weight excluding hydrogens is 306 g/mol. The van der Waals surface area contributed by atoms with E-state index in [-0.39, 0.29) is 6.61 Å². The number of nitrogens with one attached hydrogen (secondary N) is 1. The lowest BCUT2D eigenvalue weighted by Crippen LogP contribution is -2.03. The highest BCUT2D eigenvalue weighted by atomic mass is 79.9. The summed E-state index contributed by atoms with van der Waals surface area (Å²) in [5.74, 6) is 0.724. The molecule has 0 aliphatic carbocycles. The second kappa shape index (κ2) is 6.76. The number of ether oxygens (including phenoxy) is 1. The Morgan fingerprint density at radius 1 is 1.26 bits per heavy atom. The van der Waals surface area contributed by atoms with Crippen LogP contribution in [0.4, 0.5) is 5.69 Å². The number of anilines is 1. The summed E-state index contributed by atoms with van der Waals surface area (Å²) in [5, 5.41) is 11.8. The number of para-hydroxylation sites is 1. The van der Waals surface area contributed by atoms with Gasteiger partial charge in [-0.3, -0.25) is 0 Å². The second-order valence-corrected chi connectivity index (χ2v) is 4.59. The zero-order chi connectivity index (χ0) is 13.5. The van der Waals surface area contributed by atoms with E-state index in [0.717, 1.165) is 21.6 Å². The molecule has 0 radical (unpaired) electrons. The minimum absolute atomic E-state index is 0.0524. The minimum atomic E-state index is 0.0524. The molecule has 0 amide bonds. The fourth-order valence-corrected chi connectivity index (χ4v) is 1.81. The van der Waals surface area contributed by atoms with Crippen molar-refractivity contribution < 1.29 is 4.74 Å². The number of hydrogen-bond acceptors (Lipinski definition) is 4. The number of aromatic nitrogens is 1. The zero-order valence-corrected chi connectivity index (χ0v) is 11.7. The SMILES string of the molecule is N#CCOc1ccccc1CNc1ccc(Br)nc1. The van der Waals surface area contributed by atoms with Crippen molar-refractivity contribution in [2.75, 3.05) is 11.9 Å². The molecule has 0 unspecified atom stereocenters. The van der Waals surface area contributed by atoms with Gasteiger partial charge in [0, 0.05) is 12.1 Å². The van der Waals surface area contributed by atoms with E-state index in [1.165, 1.54) is 0 Å². The minimum Gasteiger partial charge on any atom is -0.478 e. The van der Waals surface area contributed by atoms with E-state index in [4.69, 9.17) is 10.00 Å². The summed E-state index contributed by atoms with van der Waals surface area (Å²) in [6.07, 6.45) is 1.75. The quantitative estimate of drug-likeness (QED) is 0.859. The maximum Gasteiger partial charge on any atom is 0.174 e. The van der Waals surface area contributed by atoms with E-state index in [2.05, 4.69) is 26.2 Å². The molecule has 0 bridgehead atoms. The molecule has 5 heteroatoms. The van der Waals surface area contributed by atoms with E-state index < -0.39 is 0 Å². The third kappa shape index (κ3) is 3.97. The summed E-state index contributed by atoms with van der Waals surface area (Å²) in [5.41, 5.74) is 1.93. The zero-order valence-electron chi connectivity index (χ0n) is 10.1. The highest BCUT2D eigenvalue weighted by molar-refractivity contribution is 9.10. The first kappa shape index (κ1) is 13.4. The summed E-state index contributed by atoms with van der Waals surface area (Å²) in [6, 6.07) is 13.4. The molecule has 96 valence electrons. The van der Waals surface area contributed by atoms with Crippen LogP contribution in [0, 0.1) is 11.3 Å². The lowest BCUT2D eigenvalue weighted by Gasteiger charge is -2.10. The molecule has 0 aliphatic heterocycles. The maximum atomic E-state index is 8.55. The van der Waals surface area contributed by atoms with Gasteiger partial charge in [0.15, 0.2) is 6.61 Å². The molecule has 0 fully saturated rings. The Morgan fingerprint density at radius 3 is 2.84 bits per heavy atom. The van der Waals surface area contributed by atoms with Crippen molar-refractivity contribution in [3.8, 4) is 11.8 Å². The Labute approximate surface area is 120 Å². The van der Waals surface area contributed by atoms with E-state index in [9.17, 15) is 0 Å². The number of halogens is 1. The molecule has 0 spiro atoms. The first-order valence-electron chi connectivity index (χ1n) is 5.72. The number of benzene rings is 1. The smallest absolute Gasteiger partial charge is 0.174 e. The molecule has 4 nitrogen and oxygen atoms in total. The predicted octanol–water partition coefficient (Wildman–Crippen LogP) is 3.36. The van der Waals surface area contributed by atoms with Crippen molar-refractivity contribution in [1.82, 2.24) is 4.98 Å². The molecule has 0 saturated heterocycles. The van der Waals surface area contributed by atoms with Crippen LogP contribution in [-0.4, -0.2) is 11.6 Å². The van der Waals surface area contributed by atoms with Gasteiger partial charge < -0.3 is 10.1 Å². The van der Waals surface area contributed by atoms with Crippen LogP contribution in [0.1, 0.15) is 5.56 Å². The number of nitrogens with zero attached hydrogens (tertiary/aromatic N) is 2. The second-order valence-electron chi connectivity index (χ2n) is 3.78. The topological polar surface area (TPSA) is 57.9 Å². The molecular formula is C14H12BrN3O. The van der Waals surface area contributed by atoms with Crippen LogP contribution in [0.15, 0.2) is 47.2 Å². The number of pyridine rings is 1. The molecule has 1 N–H and O–H groups in total. The van der Waals surface area contributed by atoms with E-state index >= 15 is 0 Å². The lowest BCUT2D eigenvalue weighted by atomic mass is 10.2. The van der Waals surface area contributed by atoms with Gasteiger partial charge in [-0.1, -0.05) is 18.2 Å². The van der Waals surface area contributed by atoms with Crippen molar-refractivity contribution in [2.45, 2.75) is 6.54 Å². The van der Waals surface area contributed by atoms with E-state index in [1.54, 1.807) is 6.20 Å². The lowest BCUT2D eigenvalue weighted by molar-refractivity contribution is 0.364. The van der Waals surface area contributed by atoms with Crippen LogP contribution in [0.5, 0.6) is 5.75 Å². The average molecular weight is 318 g/mol. The summed E-state index contributed by atoms with van der Waals surface area (Å²) in [7, 11) is 0. The summed E-state index contributed by atoms with van der Waals surface area (Å²) >= 11 is 3.29. The summed E-state index contributed by atoms with van der Waals surface area (Å²) in [6.45, 7) is 0.668. The summed E-state index contributed by atoms with van der Waals surface area (Å²) in [4.78, 5) is 4.14. The number of nitriles is 1. The normalized spacial score (nSPS) is 9.68. The van der Waals surface area contributed by atoms with Crippen LogP contribution in [0.25, 0.3) is 0 Å². The number of hydrogen-bond donors (Lipinski definition) is 1. The largest absolute Gasteiger partial charge is 0.478 e. The van der Waals surface area contributed by atoms with Gasteiger partial charge in [-0.15, -0.1) is 0 Å². The van der Waals surface area contributed by atoms with Gasteiger partial charge in [0.2, 0.25) is 0 Å². The Morgan fingerprint density at radius 2 is 2.11 bits per heavy atom. The average Bonchev–Trinajstić information content (AvgIpc) is 2.45. The third-order valence-corrected chi connectivity index (χ3v) is 2.94. The monoisotopic (exact) mass is 317 g/mol. The standard InChI is InChI=1S/C14H12BrN3O/c15-14-6-5-12(10-18-14)17-9-11-3-1-2-4-13(11)19-8-7-16/h1-6,10,17H,8-9H2. The molecule has 2 rings (SSSR count). The molecule has 0 aliphatic rings. The molecule has 1 heterocycles. The molecule has 0 atom stereocenters. The van der Waals surface area contributed by atoms with Crippen LogP contribution < -0.4 is 10.1 Å². The molecule has 1 aromatic carbocycles. The van der Waals surface area contributed by atoms with Crippen LogP contribution in [0.2, 0.25) is 0 Å². The highest BCUT2D eigenvalue weighted by Gasteiger charge is 2.02. The van der Waals surface area contributed by atoms with Gasteiger partial charge in [-0.05, 0) is 34.1 Å². The van der Waals surface area contributed by atoms with Gasteiger partial charge in [0.1, 0.15) is 16.4 Å². The van der Waals surface area contributed by atoms with Crippen molar-refractivity contribution >= 4 is 21.6 Å². The van der Waals surface area contributed by atoms with Crippen molar-refractivity contribution in [2.24, 2.45) is 0 Å². The first-order valence-corrected chi connectivity index (χ1v) is 6.52. The number of rotatable bonds is 5. The molecule has 2 aromatic rings. The Kier molecular flexibility index (Phi) is 4.76. The van der Waals surface area contributed by atoms with E-state index in [0.29, 0.717) is 6.54 Å². The van der Waals surface area contributed by atoms with E-state index in [1.807, 2.05) is 42.5 Å². The Balaban J connectivity index is 2.03. The van der Waals surface area contributed by atoms with Crippen molar-refractivity contribution in [3.63, 3.8) is 0 Å². The van der Waals surface area contributed by atoms with Crippen LogP contribution >= 0.6 is 15.9 Å². The Hall–Kier alpha value is -2.06. The van der Waals surface area contributed by atoms with Crippen LogP contribution in [0.3, 0.4) is 0 Å². The van der Waals surface area contributed by atoms with Gasteiger partial charge in [0.05, 0.1) is 11.9 Å². The first-order chi connectivity index (χ1) is 9.29. The van der Waals surface area contributed by atoms with Crippen molar-refractivity contribution in [1.29, 1.82) is 5.26 Å². The Bertz CT molecular complexity index is 578. The fourth-order valence-electron chi connectivity index (χ4n) is 1.58. The molecule has 19 heavy (non-hydrogen) atoms.